The normalized spacial score (nSPS) is 11.4. The number of carbonyl (C=O) groups is 1. The van der Waals surface area contributed by atoms with Crippen molar-refractivity contribution in [3.63, 3.8) is 0 Å². The molecule has 0 saturated carbocycles. The van der Waals surface area contributed by atoms with E-state index in [-0.39, 0.29) is 23.8 Å². The molecule has 1 aromatic carbocycles. The SMILES string of the molecule is CCCCNC(=O)CCNS(=O)(=O)c1ccc(C)c(C)c1. The third-order valence-corrected chi connectivity index (χ3v) is 4.74. The van der Waals surface area contributed by atoms with Crippen molar-refractivity contribution in [1.29, 1.82) is 0 Å². The highest BCUT2D eigenvalue weighted by Crippen LogP contribution is 2.14. The molecule has 0 aliphatic heterocycles. The quantitative estimate of drug-likeness (QED) is 0.720. The van der Waals surface area contributed by atoms with Crippen molar-refractivity contribution < 1.29 is 13.2 Å². The lowest BCUT2D eigenvalue weighted by molar-refractivity contribution is -0.120. The summed E-state index contributed by atoms with van der Waals surface area (Å²) in [6, 6.07) is 4.99. The van der Waals surface area contributed by atoms with Gasteiger partial charge in [-0.1, -0.05) is 19.4 Å². The first kappa shape index (κ1) is 17.7. The first-order valence-corrected chi connectivity index (χ1v) is 8.68. The topological polar surface area (TPSA) is 75.3 Å². The number of hydrogen-bond donors (Lipinski definition) is 2. The summed E-state index contributed by atoms with van der Waals surface area (Å²) in [5, 5.41) is 2.75. The van der Waals surface area contributed by atoms with Gasteiger partial charge in [0.15, 0.2) is 0 Å². The maximum absolute atomic E-state index is 12.1. The third kappa shape index (κ3) is 5.85. The summed E-state index contributed by atoms with van der Waals surface area (Å²) in [4.78, 5) is 11.7. The largest absolute Gasteiger partial charge is 0.356 e. The Hall–Kier alpha value is -1.40. The molecule has 1 rings (SSSR count). The molecule has 0 aliphatic carbocycles. The second-order valence-electron chi connectivity index (χ2n) is 5.10. The predicted octanol–water partition coefficient (Wildman–Crippen LogP) is 1.89. The van der Waals surface area contributed by atoms with Gasteiger partial charge in [0.2, 0.25) is 15.9 Å². The number of aryl methyl sites for hydroxylation is 2. The third-order valence-electron chi connectivity index (χ3n) is 3.29. The molecule has 0 aliphatic rings. The smallest absolute Gasteiger partial charge is 0.240 e. The van der Waals surface area contributed by atoms with Gasteiger partial charge in [0.25, 0.3) is 0 Å². The first-order chi connectivity index (χ1) is 9.86. The van der Waals surface area contributed by atoms with Crippen LogP contribution in [0.25, 0.3) is 0 Å². The van der Waals surface area contributed by atoms with Crippen LogP contribution in [0.15, 0.2) is 23.1 Å². The van der Waals surface area contributed by atoms with E-state index in [2.05, 4.69) is 10.0 Å². The van der Waals surface area contributed by atoms with Crippen molar-refractivity contribution in [1.82, 2.24) is 10.0 Å². The van der Waals surface area contributed by atoms with E-state index >= 15 is 0 Å². The molecule has 0 radical (unpaired) electrons. The summed E-state index contributed by atoms with van der Waals surface area (Å²) in [7, 11) is -3.55. The molecule has 118 valence electrons. The Kier molecular flexibility index (Phi) is 6.84. The number of sulfonamides is 1. The lowest BCUT2D eigenvalue weighted by Gasteiger charge is -2.09. The highest BCUT2D eigenvalue weighted by Gasteiger charge is 2.14. The van der Waals surface area contributed by atoms with Gasteiger partial charge in [0.05, 0.1) is 4.90 Å². The minimum absolute atomic E-state index is 0.104. The predicted molar refractivity (Wildman–Crippen MR) is 83.6 cm³/mol. The Bertz CT molecular complexity index is 583. The summed E-state index contributed by atoms with van der Waals surface area (Å²) in [6.07, 6.45) is 2.09. The number of carbonyl (C=O) groups excluding carboxylic acids is 1. The van der Waals surface area contributed by atoms with Crippen molar-refractivity contribution in [3.05, 3.63) is 29.3 Å². The number of amides is 1. The Morgan fingerprint density at radius 3 is 2.48 bits per heavy atom. The molecule has 0 aromatic heterocycles. The maximum Gasteiger partial charge on any atom is 0.240 e. The van der Waals surface area contributed by atoms with Gasteiger partial charge in [-0.05, 0) is 43.5 Å². The molecule has 1 amide bonds. The Balaban J connectivity index is 2.50. The molecule has 0 fully saturated rings. The number of unbranched alkanes of at least 4 members (excludes halogenated alkanes) is 1. The molecule has 0 unspecified atom stereocenters. The highest BCUT2D eigenvalue weighted by molar-refractivity contribution is 7.89. The molecule has 6 heteroatoms. The van der Waals surface area contributed by atoms with E-state index in [1.807, 2.05) is 20.8 Å². The highest BCUT2D eigenvalue weighted by atomic mass is 32.2. The number of benzene rings is 1. The van der Waals surface area contributed by atoms with Crippen LogP contribution in [0.4, 0.5) is 0 Å². The molecule has 0 heterocycles. The molecular weight excluding hydrogens is 288 g/mol. The van der Waals surface area contributed by atoms with Crippen LogP contribution in [0, 0.1) is 13.8 Å². The van der Waals surface area contributed by atoms with Crippen LogP contribution < -0.4 is 10.0 Å². The first-order valence-electron chi connectivity index (χ1n) is 7.20. The molecule has 0 atom stereocenters. The van der Waals surface area contributed by atoms with Crippen LogP contribution in [0.1, 0.15) is 37.3 Å². The summed E-state index contributed by atoms with van der Waals surface area (Å²) in [6.45, 7) is 6.59. The molecule has 5 nitrogen and oxygen atoms in total. The van der Waals surface area contributed by atoms with Crippen LogP contribution in [0.5, 0.6) is 0 Å². The minimum atomic E-state index is -3.55. The molecular formula is C15H24N2O3S. The van der Waals surface area contributed by atoms with Crippen molar-refractivity contribution in [2.45, 2.75) is 44.9 Å². The van der Waals surface area contributed by atoms with Gasteiger partial charge in [-0.15, -0.1) is 0 Å². The van der Waals surface area contributed by atoms with E-state index in [0.717, 1.165) is 24.0 Å². The van der Waals surface area contributed by atoms with Gasteiger partial charge in [-0.25, -0.2) is 13.1 Å². The van der Waals surface area contributed by atoms with E-state index in [4.69, 9.17) is 0 Å². The fourth-order valence-electron chi connectivity index (χ4n) is 1.76. The van der Waals surface area contributed by atoms with Crippen LogP contribution in [-0.2, 0) is 14.8 Å². The Morgan fingerprint density at radius 2 is 1.86 bits per heavy atom. The van der Waals surface area contributed by atoms with Gasteiger partial charge in [-0.3, -0.25) is 4.79 Å². The fourth-order valence-corrected chi connectivity index (χ4v) is 2.87. The van der Waals surface area contributed by atoms with Crippen LogP contribution in [0.3, 0.4) is 0 Å². The van der Waals surface area contributed by atoms with Gasteiger partial charge >= 0.3 is 0 Å². The van der Waals surface area contributed by atoms with E-state index < -0.39 is 10.0 Å². The zero-order valence-corrected chi connectivity index (χ0v) is 13.7. The lowest BCUT2D eigenvalue weighted by atomic mass is 10.1. The molecule has 0 spiro atoms. The lowest BCUT2D eigenvalue weighted by Crippen LogP contribution is -2.31. The molecule has 0 bridgehead atoms. The van der Waals surface area contributed by atoms with Crippen LogP contribution >= 0.6 is 0 Å². The maximum atomic E-state index is 12.1. The standard InChI is InChI=1S/C15H24N2O3S/c1-4-5-9-16-15(18)8-10-17-21(19,20)14-7-6-12(2)13(3)11-14/h6-7,11,17H,4-5,8-10H2,1-3H3,(H,16,18). The van der Waals surface area contributed by atoms with Gasteiger partial charge in [-0.2, -0.15) is 0 Å². The van der Waals surface area contributed by atoms with E-state index in [1.165, 1.54) is 0 Å². The average Bonchev–Trinajstić information content (AvgIpc) is 2.42. The van der Waals surface area contributed by atoms with Crippen LogP contribution in [-0.4, -0.2) is 27.4 Å². The van der Waals surface area contributed by atoms with E-state index in [9.17, 15) is 13.2 Å². The zero-order valence-electron chi connectivity index (χ0n) is 12.9. The number of rotatable bonds is 8. The summed E-state index contributed by atoms with van der Waals surface area (Å²) < 4.78 is 26.6. The summed E-state index contributed by atoms with van der Waals surface area (Å²) >= 11 is 0. The summed E-state index contributed by atoms with van der Waals surface area (Å²) in [5.74, 6) is -0.133. The number of hydrogen-bond acceptors (Lipinski definition) is 3. The fraction of sp³-hybridized carbons (Fsp3) is 0.533. The average molecular weight is 312 g/mol. The molecule has 0 saturated heterocycles. The van der Waals surface area contributed by atoms with Gasteiger partial charge < -0.3 is 5.32 Å². The number of nitrogens with one attached hydrogen (secondary N) is 2. The molecule has 2 N–H and O–H groups in total. The molecule has 1 aromatic rings. The Morgan fingerprint density at radius 1 is 1.14 bits per heavy atom. The van der Waals surface area contributed by atoms with Crippen molar-refractivity contribution >= 4 is 15.9 Å². The monoisotopic (exact) mass is 312 g/mol. The Labute approximate surface area is 127 Å². The van der Waals surface area contributed by atoms with Crippen molar-refractivity contribution in [2.24, 2.45) is 0 Å². The van der Waals surface area contributed by atoms with Gasteiger partial charge in [0, 0.05) is 19.5 Å². The van der Waals surface area contributed by atoms with Crippen LogP contribution in [0.2, 0.25) is 0 Å². The van der Waals surface area contributed by atoms with E-state index in [1.54, 1.807) is 18.2 Å². The van der Waals surface area contributed by atoms with Crippen molar-refractivity contribution in [2.75, 3.05) is 13.1 Å². The zero-order chi connectivity index (χ0) is 15.9. The second kappa shape index (κ2) is 8.14. The second-order valence-corrected chi connectivity index (χ2v) is 6.86. The summed E-state index contributed by atoms with van der Waals surface area (Å²) in [5.41, 5.74) is 1.97. The van der Waals surface area contributed by atoms with Gasteiger partial charge in [0.1, 0.15) is 0 Å². The molecule has 21 heavy (non-hydrogen) atoms. The van der Waals surface area contributed by atoms with E-state index in [0.29, 0.717) is 6.54 Å². The minimum Gasteiger partial charge on any atom is -0.356 e. The van der Waals surface area contributed by atoms with Crippen molar-refractivity contribution in [3.8, 4) is 0 Å².